The van der Waals surface area contributed by atoms with Gasteiger partial charge in [0.15, 0.2) is 5.60 Å². The number of cyclic esters (lactones) is 1. The van der Waals surface area contributed by atoms with Crippen LogP contribution in [0.2, 0.25) is 20.1 Å². The highest BCUT2D eigenvalue weighted by atomic mass is 35.5. The molecule has 0 bridgehead atoms. The number of ether oxygens (including phenoxy) is 3. The van der Waals surface area contributed by atoms with Gasteiger partial charge in [-0.3, -0.25) is 0 Å². The van der Waals surface area contributed by atoms with Gasteiger partial charge in [0.05, 0.1) is 38.9 Å². The van der Waals surface area contributed by atoms with Gasteiger partial charge in [-0.05, 0) is 107 Å². The third kappa shape index (κ3) is 10.1. The summed E-state index contributed by atoms with van der Waals surface area (Å²) >= 11 is 27.5. The molecule has 0 radical (unpaired) electrons. The number of halogens is 4. The van der Waals surface area contributed by atoms with Crippen molar-refractivity contribution in [1.82, 2.24) is 0 Å². The van der Waals surface area contributed by atoms with Crippen LogP contribution in [0.4, 0.5) is 11.4 Å². The fraction of sp³-hybridized carbons (Fsp3) is 0.300. The number of nitrogens with zero attached hydrogens (tertiary/aromatic N) is 2. The number of esters is 1. The fourth-order valence-corrected chi connectivity index (χ4v) is 8.29. The summed E-state index contributed by atoms with van der Waals surface area (Å²) in [5, 5.41) is 0.0358. The number of rotatable bonds is 18. The van der Waals surface area contributed by atoms with Crippen molar-refractivity contribution in [3.05, 3.63) is 163 Å². The number of unbranched alkanes of at least 4 members (excludes halogenated alkanes) is 4. The van der Waals surface area contributed by atoms with Crippen LogP contribution in [0.3, 0.4) is 0 Å². The second-order valence-electron chi connectivity index (χ2n) is 15.3. The lowest BCUT2D eigenvalue weighted by molar-refractivity contribution is 0.0300. The van der Waals surface area contributed by atoms with Crippen LogP contribution in [0.1, 0.15) is 90.5 Å². The van der Waals surface area contributed by atoms with E-state index in [9.17, 15) is 4.79 Å². The topological polar surface area (TPSA) is 51.2 Å². The molecule has 1 aliphatic heterocycles. The summed E-state index contributed by atoms with van der Waals surface area (Å²) in [6.07, 6.45) is 10.3. The minimum absolute atomic E-state index is 0.0224. The molecule has 6 rings (SSSR count). The van der Waals surface area contributed by atoms with E-state index in [1.54, 1.807) is 0 Å². The van der Waals surface area contributed by atoms with Gasteiger partial charge >= 0.3 is 5.97 Å². The van der Waals surface area contributed by atoms with E-state index in [2.05, 4.69) is 62.4 Å². The van der Waals surface area contributed by atoms with Crippen molar-refractivity contribution < 1.29 is 19.0 Å². The van der Waals surface area contributed by atoms with E-state index in [1.807, 2.05) is 98.7 Å². The number of anilines is 2. The quantitative estimate of drug-likeness (QED) is 0.0378. The Morgan fingerprint density at radius 3 is 1.28 bits per heavy atom. The molecule has 314 valence electrons. The summed E-state index contributed by atoms with van der Waals surface area (Å²) in [7, 11) is 7.99. The van der Waals surface area contributed by atoms with Gasteiger partial charge in [-0.25, -0.2) is 4.79 Å². The Hall–Kier alpha value is -4.59. The van der Waals surface area contributed by atoms with Gasteiger partial charge in [0.1, 0.15) is 11.5 Å². The van der Waals surface area contributed by atoms with Crippen molar-refractivity contribution in [2.24, 2.45) is 0 Å². The van der Waals surface area contributed by atoms with Gasteiger partial charge in [-0.15, -0.1) is 0 Å². The molecule has 5 aromatic carbocycles. The number of fused-ring (bicyclic) bond motifs is 1. The lowest BCUT2D eigenvalue weighted by Gasteiger charge is -2.27. The number of hydrogen-bond acceptors (Lipinski definition) is 6. The lowest BCUT2D eigenvalue weighted by atomic mass is 9.83. The normalized spacial score (nSPS) is 15.1. The average Bonchev–Trinajstić information content (AvgIpc) is 3.55. The maximum atomic E-state index is 14.3. The Kier molecular flexibility index (Phi) is 15.2. The Balaban J connectivity index is 1.63. The highest BCUT2D eigenvalue weighted by molar-refractivity contribution is 6.53. The molecule has 0 atom stereocenters. The fourth-order valence-electron chi connectivity index (χ4n) is 7.21. The average molecular weight is 887 g/mol. The van der Waals surface area contributed by atoms with Crippen LogP contribution < -0.4 is 19.3 Å². The zero-order valence-electron chi connectivity index (χ0n) is 35.1. The molecule has 1 heterocycles. The molecular weight excluding hydrogens is 834 g/mol. The summed E-state index contributed by atoms with van der Waals surface area (Å²) in [6.45, 7) is 5.61. The molecule has 0 fully saturated rings. The number of benzene rings is 5. The molecule has 10 heteroatoms. The maximum Gasteiger partial charge on any atom is 0.341 e. The van der Waals surface area contributed by atoms with Crippen LogP contribution in [0.5, 0.6) is 11.5 Å². The first kappa shape index (κ1) is 44.9. The van der Waals surface area contributed by atoms with E-state index in [-0.39, 0.29) is 25.7 Å². The third-order valence-corrected chi connectivity index (χ3v) is 12.4. The number of carbonyl (C=O) groups is 1. The molecule has 1 aliphatic rings. The van der Waals surface area contributed by atoms with Crippen molar-refractivity contribution in [1.29, 1.82) is 0 Å². The molecule has 5 aromatic rings. The molecule has 0 N–H and O–H groups in total. The second kappa shape index (κ2) is 20.3. The van der Waals surface area contributed by atoms with E-state index in [4.69, 9.17) is 60.6 Å². The van der Waals surface area contributed by atoms with Crippen LogP contribution in [-0.2, 0) is 10.3 Å². The Morgan fingerprint density at radius 2 is 0.917 bits per heavy atom. The summed E-state index contributed by atoms with van der Waals surface area (Å²) in [6, 6.07) is 32.3. The van der Waals surface area contributed by atoms with Gasteiger partial charge in [0.2, 0.25) is 0 Å². The van der Waals surface area contributed by atoms with Crippen LogP contribution >= 0.6 is 46.4 Å². The molecule has 6 nitrogen and oxygen atoms in total. The molecular formula is C50H52Cl4N2O4. The van der Waals surface area contributed by atoms with Crippen LogP contribution in [0, 0.1) is 0 Å². The van der Waals surface area contributed by atoms with Gasteiger partial charge < -0.3 is 24.0 Å². The van der Waals surface area contributed by atoms with Crippen molar-refractivity contribution >= 4 is 74.9 Å². The summed E-state index contributed by atoms with van der Waals surface area (Å²) in [5.41, 5.74) is 5.76. The first-order valence-electron chi connectivity index (χ1n) is 20.4. The van der Waals surface area contributed by atoms with Crippen LogP contribution in [0.25, 0.3) is 11.1 Å². The molecule has 0 amide bonds. The van der Waals surface area contributed by atoms with Crippen molar-refractivity contribution in [3.8, 4) is 11.5 Å². The van der Waals surface area contributed by atoms with Gasteiger partial charge in [0, 0.05) is 45.1 Å². The van der Waals surface area contributed by atoms with Gasteiger partial charge in [-0.2, -0.15) is 0 Å². The molecule has 0 saturated carbocycles. The first-order valence-corrected chi connectivity index (χ1v) is 22.0. The Labute approximate surface area is 375 Å². The summed E-state index contributed by atoms with van der Waals surface area (Å²) in [5.74, 6) is 0.850. The monoisotopic (exact) mass is 884 g/mol. The van der Waals surface area contributed by atoms with Crippen molar-refractivity contribution in [3.63, 3.8) is 0 Å². The SMILES string of the molecule is CCCCCOc1ccc(C(=CC2(C=C(c3ccc(OCCCCC)cc3)c3ccc(N(C)C)cc3)OC(=O)c3c(Cl)c(Cl)c(Cl)c(Cl)c32)c2ccc(N(C)C)cc2)cc1. The Morgan fingerprint density at radius 1 is 0.550 bits per heavy atom. The van der Waals surface area contributed by atoms with Crippen LogP contribution in [0.15, 0.2) is 109 Å². The van der Waals surface area contributed by atoms with E-state index in [0.29, 0.717) is 18.8 Å². The number of carbonyl (C=O) groups excluding carboxylic acids is 1. The smallest absolute Gasteiger partial charge is 0.341 e. The van der Waals surface area contributed by atoms with Gasteiger partial charge in [-0.1, -0.05) is 134 Å². The first-order chi connectivity index (χ1) is 28.9. The molecule has 0 aromatic heterocycles. The minimum Gasteiger partial charge on any atom is -0.494 e. The molecule has 0 unspecified atom stereocenters. The predicted octanol–water partition coefficient (Wildman–Crippen LogP) is 14.2. The van der Waals surface area contributed by atoms with E-state index >= 15 is 0 Å². The number of hydrogen-bond donors (Lipinski definition) is 0. The van der Waals surface area contributed by atoms with E-state index < -0.39 is 11.6 Å². The van der Waals surface area contributed by atoms with E-state index in [0.717, 1.165) is 94.8 Å². The second-order valence-corrected chi connectivity index (χ2v) is 16.9. The largest absolute Gasteiger partial charge is 0.494 e. The zero-order chi connectivity index (χ0) is 43.0. The highest BCUT2D eigenvalue weighted by Crippen LogP contribution is 2.53. The van der Waals surface area contributed by atoms with Crippen molar-refractivity contribution in [2.75, 3.05) is 51.2 Å². The van der Waals surface area contributed by atoms with Gasteiger partial charge in [0.25, 0.3) is 0 Å². The highest BCUT2D eigenvalue weighted by Gasteiger charge is 2.48. The summed E-state index contributed by atoms with van der Waals surface area (Å²) in [4.78, 5) is 18.4. The molecule has 0 spiro atoms. The Bertz CT molecular complexity index is 2200. The van der Waals surface area contributed by atoms with Crippen LogP contribution in [-0.4, -0.2) is 47.4 Å². The molecule has 60 heavy (non-hydrogen) atoms. The predicted molar refractivity (Wildman–Crippen MR) is 252 cm³/mol. The lowest BCUT2D eigenvalue weighted by Crippen LogP contribution is -2.23. The standard InChI is InChI=1S/C50H52Cl4N2O4/c1-7-9-11-29-58-39-25-17-35(18-26-39)41(33-13-21-37(22-14-33)55(3)4)31-50(44-43(49(57)60-50)45(51)47(53)48(54)46(44)52)32-42(34-15-23-38(24-16-34)56(5)6)36-19-27-40(28-20-36)59-30-12-10-8-2/h13-28,31-32H,7-12,29-30H2,1-6H3. The zero-order valence-corrected chi connectivity index (χ0v) is 38.1. The minimum atomic E-state index is -1.64. The summed E-state index contributed by atoms with van der Waals surface area (Å²) < 4.78 is 18.8. The maximum absolute atomic E-state index is 14.3. The van der Waals surface area contributed by atoms with E-state index in [1.165, 1.54) is 0 Å². The van der Waals surface area contributed by atoms with Crippen molar-refractivity contribution in [2.45, 2.75) is 58.0 Å². The molecule has 0 aliphatic carbocycles. The molecule has 0 saturated heterocycles. The third-order valence-electron chi connectivity index (χ3n) is 10.6.